The molecule has 0 aliphatic heterocycles. The van der Waals surface area contributed by atoms with E-state index in [1.807, 2.05) is 0 Å². The predicted molar refractivity (Wildman–Crippen MR) is 42.9 cm³/mol. The quantitative estimate of drug-likeness (QED) is 0.418. The van der Waals surface area contributed by atoms with Crippen molar-refractivity contribution >= 4 is 46.4 Å². The van der Waals surface area contributed by atoms with Crippen LogP contribution < -0.4 is 0 Å². The van der Waals surface area contributed by atoms with E-state index in [4.69, 9.17) is 51.1 Å². The molecule has 0 bridgehead atoms. The molecule has 0 rings (SSSR count). The van der Waals surface area contributed by atoms with Gasteiger partial charge in [-0.25, -0.2) is 0 Å². The van der Waals surface area contributed by atoms with E-state index in [1.54, 1.807) is 0 Å². The molecule has 0 radical (unpaired) electrons. The highest BCUT2D eigenvalue weighted by Crippen LogP contribution is 2.25. The van der Waals surface area contributed by atoms with Crippen LogP contribution >= 0.6 is 46.4 Å². The molecule has 0 unspecified atom stereocenters. The Morgan fingerprint density at radius 3 is 2.10 bits per heavy atom. The van der Waals surface area contributed by atoms with Crippen LogP contribution in [0.1, 0.15) is 0 Å². The molecule has 0 aliphatic rings. The van der Waals surface area contributed by atoms with E-state index in [2.05, 4.69) is 4.74 Å². The number of hydrogen-bond acceptors (Lipinski definition) is 2. The van der Waals surface area contributed by atoms with Gasteiger partial charge in [-0.2, -0.15) is 0 Å². The Balaban J connectivity index is 3.04. The van der Waals surface area contributed by atoms with Crippen LogP contribution in [-0.2, 0) is 9.47 Å². The molecular weight excluding hydrogens is 222 g/mol. The fourth-order valence-electron chi connectivity index (χ4n) is 0.248. The summed E-state index contributed by atoms with van der Waals surface area (Å²) in [7, 11) is 0. The SMILES string of the molecule is ClCOCOCC(Cl)(Cl)Cl. The van der Waals surface area contributed by atoms with Crippen molar-refractivity contribution in [2.75, 3.05) is 19.5 Å². The van der Waals surface area contributed by atoms with Crippen LogP contribution in [0.5, 0.6) is 0 Å². The number of rotatable bonds is 4. The van der Waals surface area contributed by atoms with Gasteiger partial charge in [0.2, 0.25) is 3.79 Å². The number of alkyl halides is 4. The second kappa shape index (κ2) is 5.70. The first-order chi connectivity index (χ1) is 4.56. The summed E-state index contributed by atoms with van der Waals surface area (Å²) in [6.07, 6.45) is 0. The molecule has 0 aromatic rings. The molecule has 10 heavy (non-hydrogen) atoms. The van der Waals surface area contributed by atoms with Gasteiger partial charge in [-0.15, -0.1) is 0 Å². The molecule has 0 aromatic heterocycles. The molecule has 0 saturated heterocycles. The summed E-state index contributed by atoms with van der Waals surface area (Å²) in [5.74, 6) is 0. The highest BCUT2D eigenvalue weighted by atomic mass is 35.6. The van der Waals surface area contributed by atoms with Crippen molar-refractivity contribution in [1.82, 2.24) is 0 Å². The maximum absolute atomic E-state index is 5.33. The summed E-state index contributed by atoms with van der Waals surface area (Å²) >= 11 is 21.1. The summed E-state index contributed by atoms with van der Waals surface area (Å²) in [4.78, 5) is 0. The lowest BCUT2D eigenvalue weighted by Crippen LogP contribution is -2.14. The van der Waals surface area contributed by atoms with E-state index in [9.17, 15) is 0 Å². The molecule has 6 heteroatoms. The molecule has 0 saturated carbocycles. The lowest BCUT2D eigenvalue weighted by Gasteiger charge is -2.09. The Morgan fingerprint density at radius 2 is 1.70 bits per heavy atom. The van der Waals surface area contributed by atoms with Gasteiger partial charge in [0.05, 0.1) is 6.61 Å². The third-order valence-electron chi connectivity index (χ3n) is 0.510. The van der Waals surface area contributed by atoms with Crippen LogP contribution in [0.3, 0.4) is 0 Å². The van der Waals surface area contributed by atoms with Gasteiger partial charge in [0, 0.05) is 0 Å². The molecule has 0 heterocycles. The topological polar surface area (TPSA) is 18.5 Å². The third-order valence-corrected chi connectivity index (χ3v) is 0.991. The molecule has 0 spiro atoms. The fourth-order valence-corrected chi connectivity index (χ4v) is 0.542. The average Bonchev–Trinajstić information content (AvgIpc) is 1.78. The predicted octanol–water partition coefficient (Wildman–Crippen LogP) is 2.54. The molecule has 0 amide bonds. The molecule has 0 aromatic carbocycles. The zero-order valence-corrected chi connectivity index (χ0v) is 7.97. The largest absolute Gasteiger partial charge is 0.351 e. The number of halogens is 4. The second-order valence-corrected chi connectivity index (χ2v) is 4.13. The van der Waals surface area contributed by atoms with Crippen molar-refractivity contribution < 1.29 is 9.47 Å². The van der Waals surface area contributed by atoms with Crippen LogP contribution in [-0.4, -0.2) is 23.3 Å². The van der Waals surface area contributed by atoms with Crippen molar-refractivity contribution in [3.63, 3.8) is 0 Å². The Labute approximate surface area is 79.3 Å². The summed E-state index contributed by atoms with van der Waals surface area (Å²) < 4.78 is 7.95. The minimum absolute atomic E-state index is 0.00540. The molecular formula is C4H6Cl4O2. The van der Waals surface area contributed by atoms with E-state index in [0.717, 1.165) is 0 Å². The molecule has 0 N–H and O–H groups in total. The van der Waals surface area contributed by atoms with E-state index in [-0.39, 0.29) is 19.5 Å². The van der Waals surface area contributed by atoms with Crippen molar-refractivity contribution in [2.24, 2.45) is 0 Å². The summed E-state index contributed by atoms with van der Waals surface area (Å²) in [5.41, 5.74) is 0. The number of hydrogen-bond donors (Lipinski definition) is 0. The van der Waals surface area contributed by atoms with E-state index in [0.29, 0.717) is 0 Å². The second-order valence-electron chi connectivity index (χ2n) is 1.39. The van der Waals surface area contributed by atoms with Crippen molar-refractivity contribution in [3.05, 3.63) is 0 Å². The first-order valence-electron chi connectivity index (χ1n) is 2.34. The third kappa shape index (κ3) is 9.08. The molecule has 2 nitrogen and oxygen atoms in total. The van der Waals surface area contributed by atoms with Crippen molar-refractivity contribution in [3.8, 4) is 0 Å². The lowest BCUT2D eigenvalue weighted by molar-refractivity contribution is -0.0358. The summed E-state index contributed by atoms with van der Waals surface area (Å²) in [6.45, 7) is 0.0337. The first-order valence-corrected chi connectivity index (χ1v) is 4.01. The zero-order valence-electron chi connectivity index (χ0n) is 4.95. The maximum Gasteiger partial charge on any atom is 0.213 e. The average molecular weight is 228 g/mol. The highest BCUT2D eigenvalue weighted by molar-refractivity contribution is 6.67. The van der Waals surface area contributed by atoms with Crippen LogP contribution in [0.15, 0.2) is 0 Å². The maximum atomic E-state index is 5.33. The standard InChI is InChI=1S/C4H6Cl4O2/c5-2-10-3-9-1-4(6,7)8/h1-3H2. The Kier molecular flexibility index (Phi) is 6.31. The monoisotopic (exact) mass is 226 g/mol. The molecule has 62 valence electrons. The Hall–Kier alpha value is 1.08. The van der Waals surface area contributed by atoms with Gasteiger partial charge in [-0.05, 0) is 0 Å². The van der Waals surface area contributed by atoms with Gasteiger partial charge >= 0.3 is 0 Å². The zero-order chi connectivity index (χ0) is 8.04. The van der Waals surface area contributed by atoms with Gasteiger partial charge < -0.3 is 9.47 Å². The van der Waals surface area contributed by atoms with Crippen LogP contribution in [0.25, 0.3) is 0 Å². The van der Waals surface area contributed by atoms with E-state index < -0.39 is 3.79 Å². The van der Waals surface area contributed by atoms with Crippen molar-refractivity contribution in [2.45, 2.75) is 3.79 Å². The van der Waals surface area contributed by atoms with Gasteiger partial charge in [0.25, 0.3) is 0 Å². The summed E-state index contributed by atoms with van der Waals surface area (Å²) in [6, 6.07) is 0.0693. The van der Waals surface area contributed by atoms with E-state index in [1.165, 1.54) is 0 Å². The van der Waals surface area contributed by atoms with Crippen molar-refractivity contribution in [1.29, 1.82) is 0 Å². The minimum atomic E-state index is -1.38. The normalized spacial score (nSPS) is 12.0. The van der Waals surface area contributed by atoms with Crippen LogP contribution in [0.2, 0.25) is 0 Å². The van der Waals surface area contributed by atoms with E-state index >= 15 is 0 Å². The van der Waals surface area contributed by atoms with Gasteiger partial charge in [0.1, 0.15) is 12.9 Å². The minimum Gasteiger partial charge on any atom is -0.351 e. The molecule has 0 atom stereocenters. The highest BCUT2D eigenvalue weighted by Gasteiger charge is 2.19. The fraction of sp³-hybridized carbons (Fsp3) is 1.00. The Bertz CT molecular complexity index is 81.8. The lowest BCUT2D eigenvalue weighted by atomic mass is 10.8. The Morgan fingerprint density at radius 1 is 1.10 bits per heavy atom. The van der Waals surface area contributed by atoms with Crippen LogP contribution in [0.4, 0.5) is 0 Å². The van der Waals surface area contributed by atoms with Gasteiger partial charge in [0.15, 0.2) is 0 Å². The number of ether oxygens (including phenoxy) is 2. The summed E-state index contributed by atoms with van der Waals surface area (Å²) in [5, 5.41) is 0. The molecule has 0 fully saturated rings. The first kappa shape index (κ1) is 11.1. The smallest absolute Gasteiger partial charge is 0.213 e. The van der Waals surface area contributed by atoms with Gasteiger partial charge in [-0.1, -0.05) is 46.4 Å². The van der Waals surface area contributed by atoms with Gasteiger partial charge in [-0.3, -0.25) is 0 Å². The molecule has 0 aliphatic carbocycles. The van der Waals surface area contributed by atoms with Crippen LogP contribution in [0, 0.1) is 0 Å².